The minimum Gasteiger partial charge on any atom is -0.449 e. The van der Waals surface area contributed by atoms with Crippen molar-refractivity contribution in [1.82, 2.24) is 10.3 Å². The predicted molar refractivity (Wildman–Crippen MR) is 101 cm³/mol. The normalized spacial score (nSPS) is 11.6. The highest BCUT2D eigenvalue weighted by Gasteiger charge is 2.20. The Kier molecular flexibility index (Phi) is 7.21. The minimum absolute atomic E-state index is 0.335. The fraction of sp³-hybridized carbons (Fsp3) is 0.278. The molecule has 0 aliphatic carbocycles. The van der Waals surface area contributed by atoms with E-state index in [1.54, 1.807) is 48.2 Å². The van der Waals surface area contributed by atoms with Crippen LogP contribution in [0.1, 0.15) is 28.5 Å². The standard InChI is InChI=1S/C18H20N2O3S2/c1-4-9-19-16(21)13(3)23-17(22)15-8-6-5-7-14(15)11-25-18-20-12(2)10-24-18/h4-8,10,13H,1,9,11H2,2-3H3,(H,19,21)/t13-/m1/s1. The van der Waals surface area contributed by atoms with Crippen LogP contribution in [0.5, 0.6) is 0 Å². The van der Waals surface area contributed by atoms with Crippen LogP contribution in [0.3, 0.4) is 0 Å². The van der Waals surface area contributed by atoms with Crippen LogP contribution in [0.15, 0.2) is 46.6 Å². The van der Waals surface area contributed by atoms with Crippen molar-refractivity contribution in [1.29, 1.82) is 0 Å². The molecule has 2 aromatic rings. The third-order valence-electron chi connectivity index (χ3n) is 3.26. The number of amides is 1. The van der Waals surface area contributed by atoms with Crippen molar-refractivity contribution in [3.05, 3.63) is 59.1 Å². The number of thiazole rings is 1. The zero-order valence-corrected chi connectivity index (χ0v) is 15.8. The van der Waals surface area contributed by atoms with Crippen LogP contribution >= 0.6 is 23.1 Å². The Morgan fingerprint density at radius 2 is 2.20 bits per heavy atom. The van der Waals surface area contributed by atoms with Crippen LogP contribution < -0.4 is 5.32 Å². The van der Waals surface area contributed by atoms with E-state index in [-0.39, 0.29) is 5.91 Å². The molecule has 0 radical (unpaired) electrons. The molecule has 0 aliphatic heterocycles. The lowest BCUT2D eigenvalue weighted by Gasteiger charge is -2.14. The van der Waals surface area contributed by atoms with Gasteiger partial charge < -0.3 is 10.1 Å². The highest BCUT2D eigenvalue weighted by atomic mass is 32.2. The van der Waals surface area contributed by atoms with Gasteiger partial charge in [0.2, 0.25) is 0 Å². The average Bonchev–Trinajstić information content (AvgIpc) is 3.03. The second-order valence-electron chi connectivity index (χ2n) is 5.28. The number of nitrogens with zero attached hydrogens (tertiary/aromatic N) is 1. The lowest BCUT2D eigenvalue weighted by molar-refractivity contribution is -0.128. The number of nitrogens with one attached hydrogen (secondary N) is 1. The van der Waals surface area contributed by atoms with Crippen molar-refractivity contribution in [2.75, 3.05) is 6.54 Å². The van der Waals surface area contributed by atoms with Crippen molar-refractivity contribution in [2.45, 2.75) is 30.0 Å². The van der Waals surface area contributed by atoms with E-state index in [4.69, 9.17) is 4.74 Å². The van der Waals surface area contributed by atoms with E-state index in [0.29, 0.717) is 17.9 Å². The topological polar surface area (TPSA) is 68.3 Å². The van der Waals surface area contributed by atoms with E-state index in [1.165, 1.54) is 0 Å². The van der Waals surface area contributed by atoms with Gasteiger partial charge in [0.25, 0.3) is 5.91 Å². The zero-order valence-electron chi connectivity index (χ0n) is 14.2. The van der Waals surface area contributed by atoms with Crippen LogP contribution in [0.4, 0.5) is 0 Å². The van der Waals surface area contributed by atoms with E-state index in [2.05, 4.69) is 16.9 Å². The molecule has 25 heavy (non-hydrogen) atoms. The summed E-state index contributed by atoms with van der Waals surface area (Å²) in [5.41, 5.74) is 2.30. The highest BCUT2D eigenvalue weighted by molar-refractivity contribution is 8.00. The number of aryl methyl sites for hydroxylation is 1. The van der Waals surface area contributed by atoms with Gasteiger partial charge >= 0.3 is 5.97 Å². The fourth-order valence-corrected chi connectivity index (χ4v) is 3.83. The smallest absolute Gasteiger partial charge is 0.339 e. The van der Waals surface area contributed by atoms with Gasteiger partial charge in [-0.15, -0.1) is 17.9 Å². The Balaban J connectivity index is 2.01. The molecule has 1 heterocycles. The van der Waals surface area contributed by atoms with Gasteiger partial charge in [-0.3, -0.25) is 4.79 Å². The molecule has 1 aromatic heterocycles. The molecule has 1 amide bonds. The maximum atomic E-state index is 12.4. The molecular formula is C18H20N2O3S2. The molecule has 0 saturated carbocycles. The number of hydrogen-bond acceptors (Lipinski definition) is 6. The maximum absolute atomic E-state index is 12.4. The Morgan fingerprint density at radius 1 is 1.44 bits per heavy atom. The van der Waals surface area contributed by atoms with Crippen molar-refractivity contribution in [3.8, 4) is 0 Å². The van der Waals surface area contributed by atoms with Crippen molar-refractivity contribution in [2.24, 2.45) is 0 Å². The molecule has 0 aliphatic rings. The first-order valence-corrected chi connectivity index (χ1v) is 9.60. The number of rotatable bonds is 8. The second kappa shape index (κ2) is 9.39. The summed E-state index contributed by atoms with van der Waals surface area (Å²) < 4.78 is 6.24. The Morgan fingerprint density at radius 3 is 2.88 bits per heavy atom. The highest BCUT2D eigenvalue weighted by Crippen LogP contribution is 2.27. The van der Waals surface area contributed by atoms with Crippen LogP contribution in [-0.2, 0) is 15.3 Å². The van der Waals surface area contributed by atoms with Crippen molar-refractivity contribution < 1.29 is 14.3 Å². The van der Waals surface area contributed by atoms with Gasteiger partial charge in [-0.25, -0.2) is 9.78 Å². The first kappa shape index (κ1) is 19.2. The molecule has 0 fully saturated rings. The molecule has 1 aromatic carbocycles. The average molecular weight is 377 g/mol. The Hall–Kier alpha value is -2.12. The van der Waals surface area contributed by atoms with Crippen LogP contribution in [0.2, 0.25) is 0 Å². The molecule has 1 atom stereocenters. The maximum Gasteiger partial charge on any atom is 0.339 e. The van der Waals surface area contributed by atoms with Crippen molar-refractivity contribution >= 4 is 35.0 Å². The lowest BCUT2D eigenvalue weighted by Crippen LogP contribution is -2.36. The van der Waals surface area contributed by atoms with E-state index in [0.717, 1.165) is 15.6 Å². The largest absolute Gasteiger partial charge is 0.449 e. The number of thioether (sulfide) groups is 1. The van der Waals surface area contributed by atoms with E-state index < -0.39 is 12.1 Å². The molecule has 0 unspecified atom stereocenters. The molecule has 7 heteroatoms. The molecule has 132 valence electrons. The zero-order chi connectivity index (χ0) is 18.2. The van der Waals surface area contributed by atoms with E-state index in [1.807, 2.05) is 24.4 Å². The molecule has 0 spiro atoms. The number of aromatic nitrogens is 1. The summed E-state index contributed by atoms with van der Waals surface area (Å²) in [6.07, 6.45) is 0.703. The van der Waals surface area contributed by atoms with Gasteiger partial charge in [-0.05, 0) is 25.5 Å². The monoisotopic (exact) mass is 376 g/mol. The van der Waals surface area contributed by atoms with Gasteiger partial charge in [0.15, 0.2) is 6.10 Å². The molecule has 1 N–H and O–H groups in total. The summed E-state index contributed by atoms with van der Waals surface area (Å²) in [5, 5.41) is 4.60. The van der Waals surface area contributed by atoms with Gasteiger partial charge in [0.05, 0.1) is 5.56 Å². The SMILES string of the molecule is C=CCNC(=O)[C@@H](C)OC(=O)c1ccccc1CSc1nc(C)cs1. The van der Waals surface area contributed by atoms with Crippen LogP contribution in [0.25, 0.3) is 0 Å². The predicted octanol–water partition coefficient (Wildman–Crippen LogP) is 3.59. The number of carbonyl (C=O) groups excluding carboxylic acids is 2. The molecular weight excluding hydrogens is 356 g/mol. The summed E-state index contributed by atoms with van der Waals surface area (Å²) in [4.78, 5) is 28.6. The second-order valence-corrected chi connectivity index (χ2v) is 7.36. The fourth-order valence-electron chi connectivity index (χ4n) is 1.98. The van der Waals surface area contributed by atoms with Gasteiger partial charge in [0.1, 0.15) is 4.34 Å². The number of benzene rings is 1. The van der Waals surface area contributed by atoms with Gasteiger partial charge in [-0.1, -0.05) is 36.0 Å². The van der Waals surface area contributed by atoms with Gasteiger partial charge in [-0.2, -0.15) is 0 Å². The Labute approximate surface area is 155 Å². The number of hydrogen-bond donors (Lipinski definition) is 1. The molecule has 2 rings (SSSR count). The minimum atomic E-state index is -0.866. The summed E-state index contributed by atoms with van der Waals surface area (Å²) >= 11 is 3.15. The Bertz CT molecular complexity index is 758. The summed E-state index contributed by atoms with van der Waals surface area (Å²) in [6, 6.07) is 7.24. The quantitative estimate of drug-likeness (QED) is 0.433. The van der Waals surface area contributed by atoms with E-state index in [9.17, 15) is 9.59 Å². The van der Waals surface area contributed by atoms with Crippen LogP contribution in [0, 0.1) is 6.92 Å². The summed E-state index contributed by atoms with van der Waals surface area (Å²) in [5.74, 6) is -0.249. The third kappa shape index (κ3) is 5.72. The van der Waals surface area contributed by atoms with Crippen molar-refractivity contribution in [3.63, 3.8) is 0 Å². The first-order valence-electron chi connectivity index (χ1n) is 7.73. The number of carbonyl (C=O) groups is 2. The summed E-state index contributed by atoms with van der Waals surface area (Å²) in [6.45, 7) is 7.36. The third-order valence-corrected chi connectivity index (χ3v) is 5.45. The first-order chi connectivity index (χ1) is 12.0. The lowest BCUT2D eigenvalue weighted by atomic mass is 10.1. The number of ether oxygens (including phenoxy) is 1. The molecule has 0 bridgehead atoms. The molecule has 5 nitrogen and oxygen atoms in total. The summed E-state index contributed by atoms with van der Waals surface area (Å²) in [7, 11) is 0. The van der Waals surface area contributed by atoms with E-state index >= 15 is 0 Å². The number of esters is 1. The molecule has 0 saturated heterocycles. The van der Waals surface area contributed by atoms with Gasteiger partial charge in [0, 0.05) is 23.4 Å². The van der Waals surface area contributed by atoms with Crippen LogP contribution in [-0.4, -0.2) is 29.5 Å².